The van der Waals surface area contributed by atoms with Gasteiger partial charge in [0.1, 0.15) is 0 Å². The van der Waals surface area contributed by atoms with Gasteiger partial charge in [-0.15, -0.1) is 0 Å². The minimum absolute atomic E-state index is 0.0303. The molecular formula is C16H12N2O4. The van der Waals surface area contributed by atoms with Crippen LogP contribution in [-0.4, -0.2) is 17.1 Å². The monoisotopic (exact) mass is 296 g/mol. The third-order valence-corrected chi connectivity index (χ3v) is 3.02. The molecule has 0 aliphatic heterocycles. The van der Waals surface area contributed by atoms with E-state index in [1.54, 1.807) is 18.2 Å². The van der Waals surface area contributed by atoms with E-state index in [0.717, 1.165) is 0 Å². The molecule has 0 radical (unpaired) electrons. The highest BCUT2D eigenvalue weighted by atomic mass is 16.6. The van der Waals surface area contributed by atoms with Crippen molar-refractivity contribution in [3.63, 3.8) is 0 Å². The second kappa shape index (κ2) is 6.41. The number of benzene rings is 2. The van der Waals surface area contributed by atoms with Gasteiger partial charge in [0, 0.05) is 12.1 Å². The lowest BCUT2D eigenvalue weighted by Crippen LogP contribution is -1.89. The molecular weight excluding hydrogens is 284 g/mol. The van der Waals surface area contributed by atoms with E-state index in [2.05, 4.69) is 0 Å². The van der Waals surface area contributed by atoms with Gasteiger partial charge in [-0.2, -0.15) is 5.26 Å². The van der Waals surface area contributed by atoms with E-state index in [4.69, 9.17) is 4.74 Å². The number of rotatable bonds is 4. The Labute approximate surface area is 126 Å². The van der Waals surface area contributed by atoms with E-state index in [-0.39, 0.29) is 11.4 Å². The number of aromatic hydroxyl groups is 1. The van der Waals surface area contributed by atoms with E-state index in [1.165, 1.54) is 37.4 Å². The molecule has 6 heteroatoms. The Morgan fingerprint density at radius 3 is 2.50 bits per heavy atom. The maximum absolute atomic E-state index is 10.6. The fraction of sp³-hybridized carbons (Fsp3) is 0.0625. The molecule has 0 aliphatic carbocycles. The van der Waals surface area contributed by atoms with E-state index in [0.29, 0.717) is 22.4 Å². The van der Waals surface area contributed by atoms with Crippen molar-refractivity contribution in [1.82, 2.24) is 0 Å². The quantitative estimate of drug-likeness (QED) is 0.404. The highest BCUT2D eigenvalue weighted by molar-refractivity contribution is 5.90. The number of ether oxygens (including phenoxy) is 1. The molecule has 0 spiro atoms. The molecule has 0 saturated carbocycles. The molecule has 0 saturated heterocycles. The molecule has 0 atom stereocenters. The molecule has 110 valence electrons. The first-order chi connectivity index (χ1) is 10.5. The second-order valence-electron chi connectivity index (χ2n) is 4.41. The van der Waals surface area contributed by atoms with Crippen molar-refractivity contribution >= 4 is 17.3 Å². The predicted octanol–water partition coefficient (Wildman–Crippen LogP) is 3.37. The average molecular weight is 296 g/mol. The zero-order valence-electron chi connectivity index (χ0n) is 11.7. The topological polar surface area (TPSA) is 96.4 Å². The lowest BCUT2D eigenvalue weighted by Gasteiger charge is -2.04. The van der Waals surface area contributed by atoms with Crippen LogP contribution in [0.4, 0.5) is 5.69 Å². The number of phenols is 1. The van der Waals surface area contributed by atoms with Gasteiger partial charge in [-0.3, -0.25) is 10.1 Å². The number of non-ortho nitro benzene ring substituents is 1. The van der Waals surface area contributed by atoms with Crippen LogP contribution < -0.4 is 4.74 Å². The fourth-order valence-electron chi connectivity index (χ4n) is 1.91. The van der Waals surface area contributed by atoms with Crippen LogP contribution in [-0.2, 0) is 0 Å². The van der Waals surface area contributed by atoms with E-state index >= 15 is 0 Å². The van der Waals surface area contributed by atoms with Crippen LogP contribution in [0.5, 0.6) is 11.5 Å². The largest absolute Gasteiger partial charge is 0.504 e. The zero-order valence-corrected chi connectivity index (χ0v) is 11.7. The normalized spacial score (nSPS) is 10.8. The van der Waals surface area contributed by atoms with Gasteiger partial charge < -0.3 is 9.84 Å². The molecule has 0 fully saturated rings. The number of hydrogen-bond acceptors (Lipinski definition) is 5. The van der Waals surface area contributed by atoms with Gasteiger partial charge in [0.05, 0.1) is 23.7 Å². The van der Waals surface area contributed by atoms with Crippen LogP contribution in [0.1, 0.15) is 11.1 Å². The summed E-state index contributed by atoms with van der Waals surface area (Å²) in [7, 11) is 1.45. The maximum Gasteiger partial charge on any atom is 0.269 e. The smallest absolute Gasteiger partial charge is 0.269 e. The van der Waals surface area contributed by atoms with Crippen molar-refractivity contribution in [2.45, 2.75) is 0 Å². The summed E-state index contributed by atoms with van der Waals surface area (Å²) in [6.45, 7) is 0. The van der Waals surface area contributed by atoms with E-state index in [1.807, 2.05) is 6.07 Å². The Morgan fingerprint density at radius 2 is 2.00 bits per heavy atom. The van der Waals surface area contributed by atoms with Gasteiger partial charge in [-0.05, 0) is 41.5 Å². The molecule has 0 unspecified atom stereocenters. The van der Waals surface area contributed by atoms with Gasteiger partial charge in [0.15, 0.2) is 11.5 Å². The molecule has 22 heavy (non-hydrogen) atoms. The summed E-state index contributed by atoms with van der Waals surface area (Å²) < 4.78 is 4.95. The van der Waals surface area contributed by atoms with Crippen molar-refractivity contribution in [1.29, 1.82) is 5.26 Å². The molecule has 0 aliphatic rings. The summed E-state index contributed by atoms with van der Waals surface area (Å²) in [4.78, 5) is 10.1. The van der Waals surface area contributed by atoms with Crippen LogP contribution in [0.15, 0.2) is 42.5 Å². The summed E-state index contributed by atoms with van der Waals surface area (Å²) in [5.74, 6) is 0.309. The molecule has 2 aromatic rings. The van der Waals surface area contributed by atoms with Crippen molar-refractivity contribution in [3.05, 3.63) is 63.7 Å². The molecule has 2 aromatic carbocycles. The van der Waals surface area contributed by atoms with Crippen LogP contribution in [0.25, 0.3) is 11.6 Å². The minimum atomic E-state index is -0.499. The third-order valence-electron chi connectivity index (χ3n) is 3.02. The Balaban J connectivity index is 2.37. The molecule has 0 heterocycles. The summed E-state index contributed by atoms with van der Waals surface area (Å²) in [5, 5.41) is 29.6. The Morgan fingerprint density at radius 1 is 1.32 bits per heavy atom. The lowest BCUT2D eigenvalue weighted by molar-refractivity contribution is -0.384. The summed E-state index contributed by atoms with van der Waals surface area (Å²) in [6.07, 6.45) is 1.58. The van der Waals surface area contributed by atoms with Crippen molar-refractivity contribution < 1.29 is 14.8 Å². The van der Waals surface area contributed by atoms with Crippen LogP contribution in [0.3, 0.4) is 0 Å². The van der Waals surface area contributed by atoms with Gasteiger partial charge >= 0.3 is 0 Å². The zero-order chi connectivity index (χ0) is 16.1. The first kappa shape index (κ1) is 15.1. The number of nitro benzene ring substituents is 1. The van der Waals surface area contributed by atoms with Crippen molar-refractivity contribution in [2.75, 3.05) is 7.11 Å². The first-order valence-corrected chi connectivity index (χ1v) is 6.29. The van der Waals surface area contributed by atoms with Gasteiger partial charge in [-0.1, -0.05) is 6.07 Å². The molecule has 0 aromatic heterocycles. The Hall–Kier alpha value is -3.33. The Kier molecular flexibility index (Phi) is 4.39. The average Bonchev–Trinajstić information content (AvgIpc) is 2.53. The molecule has 0 amide bonds. The third kappa shape index (κ3) is 3.22. The molecule has 6 nitrogen and oxygen atoms in total. The molecule has 2 rings (SSSR count). The maximum atomic E-state index is 10.6. The number of nitro groups is 1. The standard InChI is InChI=1S/C16H12N2O4/c1-22-16-7-2-11(9-15(16)19)8-13(10-17)12-3-5-14(6-4-12)18(20)21/h2-9,19H,1H3/b13-8+. The van der Waals surface area contributed by atoms with Gasteiger partial charge in [0.25, 0.3) is 5.69 Å². The number of hydrogen-bond donors (Lipinski definition) is 1. The summed E-state index contributed by atoms with van der Waals surface area (Å²) in [6, 6.07) is 12.5. The number of methoxy groups -OCH3 is 1. The predicted molar refractivity (Wildman–Crippen MR) is 81.2 cm³/mol. The highest BCUT2D eigenvalue weighted by Gasteiger charge is 2.08. The van der Waals surface area contributed by atoms with Crippen molar-refractivity contribution in [3.8, 4) is 17.6 Å². The molecule has 0 bridgehead atoms. The minimum Gasteiger partial charge on any atom is -0.504 e. The summed E-state index contributed by atoms with van der Waals surface area (Å²) >= 11 is 0. The van der Waals surface area contributed by atoms with Gasteiger partial charge in [-0.25, -0.2) is 0 Å². The van der Waals surface area contributed by atoms with E-state index in [9.17, 15) is 20.5 Å². The number of nitrogens with zero attached hydrogens (tertiary/aromatic N) is 2. The molecule has 1 N–H and O–H groups in total. The first-order valence-electron chi connectivity index (χ1n) is 6.29. The van der Waals surface area contributed by atoms with Crippen LogP contribution >= 0.6 is 0 Å². The second-order valence-corrected chi connectivity index (χ2v) is 4.41. The number of allylic oxidation sites excluding steroid dienone is 1. The lowest BCUT2D eigenvalue weighted by atomic mass is 10.0. The SMILES string of the molecule is COc1ccc(/C=C(\C#N)c2ccc([N+](=O)[O-])cc2)cc1O. The Bertz CT molecular complexity index is 774. The van der Waals surface area contributed by atoms with Gasteiger partial charge in [0.2, 0.25) is 0 Å². The van der Waals surface area contributed by atoms with Crippen LogP contribution in [0, 0.1) is 21.4 Å². The van der Waals surface area contributed by atoms with E-state index < -0.39 is 4.92 Å². The summed E-state index contributed by atoms with van der Waals surface area (Å²) in [5.41, 5.74) is 1.47. The number of nitriles is 1. The van der Waals surface area contributed by atoms with Crippen molar-refractivity contribution in [2.24, 2.45) is 0 Å². The van der Waals surface area contributed by atoms with Crippen LogP contribution in [0.2, 0.25) is 0 Å². The number of phenolic OH excluding ortho intramolecular Hbond substituents is 1. The highest BCUT2D eigenvalue weighted by Crippen LogP contribution is 2.28. The fourth-order valence-corrected chi connectivity index (χ4v) is 1.91.